The van der Waals surface area contributed by atoms with Crippen molar-refractivity contribution in [3.63, 3.8) is 0 Å². The molecule has 0 radical (unpaired) electrons. The topological polar surface area (TPSA) is 73.4 Å². The molecule has 1 atom stereocenters. The number of rotatable bonds is 4. The Hall–Kier alpha value is -3.52. The number of aromatic nitrogens is 1. The van der Waals surface area contributed by atoms with E-state index in [2.05, 4.69) is 16.0 Å². The van der Waals surface area contributed by atoms with Crippen molar-refractivity contribution in [3.8, 4) is 23.0 Å². The first-order valence-corrected chi connectivity index (χ1v) is 12.2. The summed E-state index contributed by atoms with van der Waals surface area (Å²) < 4.78 is 24.2. The zero-order valence-corrected chi connectivity index (χ0v) is 20.0. The number of amides is 1. The summed E-state index contributed by atoms with van der Waals surface area (Å²) in [6, 6.07) is 13.7. The normalized spacial score (nSPS) is 20.5. The van der Waals surface area contributed by atoms with Crippen LogP contribution in [0.4, 0.5) is 5.69 Å². The predicted molar refractivity (Wildman–Crippen MR) is 132 cm³/mol. The standard InChI is InChI=1S/C27H29N3O5/c1-17-3-5-21-22(28-17)6-8-25-27(21)35-20(15-32-25)14-30-11-9-18(10-12-30)34-19-4-7-24-23(13-19)29(2)26(31)16-33-24/h3-8,13,18,20H,9-12,14-16H2,1-2H3/t20-/m0/s1. The fourth-order valence-electron chi connectivity index (χ4n) is 4.98. The number of nitrogens with zero attached hydrogens (tertiary/aromatic N) is 3. The summed E-state index contributed by atoms with van der Waals surface area (Å²) in [6.45, 7) is 5.28. The number of likely N-dealkylation sites (tertiary alicyclic amines) is 1. The van der Waals surface area contributed by atoms with Crippen molar-refractivity contribution in [1.82, 2.24) is 9.88 Å². The third-order valence-electron chi connectivity index (χ3n) is 6.95. The first-order chi connectivity index (χ1) is 17.0. The van der Waals surface area contributed by atoms with E-state index in [4.69, 9.17) is 18.9 Å². The van der Waals surface area contributed by atoms with Gasteiger partial charge in [0.05, 0.1) is 11.2 Å². The number of carbonyl (C=O) groups is 1. The molecule has 35 heavy (non-hydrogen) atoms. The summed E-state index contributed by atoms with van der Waals surface area (Å²) in [7, 11) is 1.77. The van der Waals surface area contributed by atoms with Gasteiger partial charge in [-0.3, -0.25) is 14.7 Å². The minimum Gasteiger partial charge on any atom is -0.490 e. The van der Waals surface area contributed by atoms with Crippen LogP contribution in [0.5, 0.6) is 23.0 Å². The number of likely N-dealkylation sites (N-methyl/N-ethyl adjacent to an activating group) is 1. The maximum Gasteiger partial charge on any atom is 0.264 e. The maximum atomic E-state index is 11.9. The van der Waals surface area contributed by atoms with Crippen LogP contribution in [0, 0.1) is 6.92 Å². The molecular weight excluding hydrogens is 446 g/mol. The van der Waals surface area contributed by atoms with Crippen LogP contribution in [0.3, 0.4) is 0 Å². The lowest BCUT2D eigenvalue weighted by atomic mass is 10.1. The van der Waals surface area contributed by atoms with E-state index in [0.717, 1.165) is 72.0 Å². The quantitative estimate of drug-likeness (QED) is 0.571. The third kappa shape index (κ3) is 4.34. The minimum absolute atomic E-state index is 0.0272. The fraction of sp³-hybridized carbons (Fsp3) is 0.407. The lowest BCUT2D eigenvalue weighted by Crippen LogP contribution is -2.45. The number of aryl methyl sites for hydroxylation is 1. The molecular formula is C27H29N3O5. The molecule has 6 rings (SSSR count). The maximum absolute atomic E-state index is 11.9. The van der Waals surface area contributed by atoms with Crippen LogP contribution in [-0.2, 0) is 4.79 Å². The second kappa shape index (κ2) is 8.92. The van der Waals surface area contributed by atoms with E-state index in [1.807, 2.05) is 43.3 Å². The van der Waals surface area contributed by atoms with Crippen LogP contribution in [0.15, 0.2) is 42.5 Å². The van der Waals surface area contributed by atoms with Crippen LogP contribution in [0.2, 0.25) is 0 Å². The molecule has 0 bridgehead atoms. The number of anilines is 1. The monoisotopic (exact) mass is 475 g/mol. The summed E-state index contributed by atoms with van der Waals surface area (Å²) in [5.41, 5.74) is 2.67. The molecule has 3 aliphatic rings. The Morgan fingerprint density at radius 2 is 1.89 bits per heavy atom. The lowest BCUT2D eigenvalue weighted by molar-refractivity contribution is -0.120. The first kappa shape index (κ1) is 22.0. The Bertz CT molecular complexity index is 1270. The molecule has 0 saturated carbocycles. The lowest BCUT2D eigenvalue weighted by Gasteiger charge is -2.36. The van der Waals surface area contributed by atoms with Crippen molar-refractivity contribution < 1.29 is 23.7 Å². The van der Waals surface area contributed by atoms with E-state index >= 15 is 0 Å². The molecule has 1 amide bonds. The molecule has 0 N–H and O–H groups in total. The van der Waals surface area contributed by atoms with Crippen LogP contribution in [0.1, 0.15) is 18.5 Å². The molecule has 1 saturated heterocycles. The number of pyridine rings is 1. The number of carbonyl (C=O) groups excluding carboxylic acids is 1. The minimum atomic E-state index is -0.0566. The number of hydrogen-bond donors (Lipinski definition) is 0. The van der Waals surface area contributed by atoms with Gasteiger partial charge in [0.25, 0.3) is 5.91 Å². The van der Waals surface area contributed by atoms with Gasteiger partial charge in [-0.1, -0.05) is 0 Å². The van der Waals surface area contributed by atoms with Gasteiger partial charge in [-0.2, -0.15) is 0 Å². The molecule has 1 fully saturated rings. The van der Waals surface area contributed by atoms with Gasteiger partial charge in [-0.05, 0) is 56.2 Å². The molecule has 182 valence electrons. The average molecular weight is 476 g/mol. The van der Waals surface area contributed by atoms with Gasteiger partial charge in [0.2, 0.25) is 0 Å². The fourth-order valence-corrected chi connectivity index (χ4v) is 4.98. The number of hydrogen-bond acceptors (Lipinski definition) is 7. The largest absolute Gasteiger partial charge is 0.490 e. The van der Waals surface area contributed by atoms with Gasteiger partial charge in [0.15, 0.2) is 18.1 Å². The van der Waals surface area contributed by atoms with Gasteiger partial charge in [-0.15, -0.1) is 0 Å². The molecule has 1 aromatic heterocycles. The van der Waals surface area contributed by atoms with E-state index < -0.39 is 0 Å². The predicted octanol–water partition coefficient (Wildman–Crippen LogP) is 3.58. The van der Waals surface area contributed by atoms with Crippen LogP contribution in [-0.4, -0.2) is 67.9 Å². The Labute approximate surface area is 204 Å². The smallest absolute Gasteiger partial charge is 0.264 e. The van der Waals surface area contributed by atoms with E-state index in [0.29, 0.717) is 12.4 Å². The van der Waals surface area contributed by atoms with Crippen LogP contribution in [0.25, 0.3) is 10.9 Å². The molecule has 4 heterocycles. The second-order valence-electron chi connectivity index (χ2n) is 9.45. The number of fused-ring (bicyclic) bond motifs is 4. The molecule has 8 nitrogen and oxygen atoms in total. The Balaban J connectivity index is 1.05. The Kier molecular flexibility index (Phi) is 5.60. The zero-order chi connectivity index (χ0) is 23.9. The van der Waals surface area contributed by atoms with Crippen molar-refractivity contribution in [2.75, 3.05) is 44.8 Å². The number of benzene rings is 2. The van der Waals surface area contributed by atoms with Crippen LogP contribution < -0.4 is 23.8 Å². The summed E-state index contributed by atoms with van der Waals surface area (Å²) in [5.74, 6) is 3.01. The van der Waals surface area contributed by atoms with Gasteiger partial charge < -0.3 is 23.8 Å². The third-order valence-corrected chi connectivity index (χ3v) is 6.95. The number of piperidine rings is 1. The van der Waals surface area contributed by atoms with Crippen LogP contribution >= 0.6 is 0 Å². The summed E-state index contributed by atoms with van der Waals surface area (Å²) in [4.78, 5) is 20.6. The highest BCUT2D eigenvalue weighted by molar-refractivity contribution is 5.97. The van der Waals surface area contributed by atoms with Gasteiger partial charge in [0, 0.05) is 43.8 Å². The van der Waals surface area contributed by atoms with Crippen molar-refractivity contribution in [2.45, 2.75) is 32.0 Å². The second-order valence-corrected chi connectivity index (χ2v) is 9.45. The summed E-state index contributed by atoms with van der Waals surface area (Å²) in [5, 5.41) is 0.993. The van der Waals surface area contributed by atoms with Crippen molar-refractivity contribution in [1.29, 1.82) is 0 Å². The van der Waals surface area contributed by atoms with E-state index in [-0.39, 0.29) is 24.7 Å². The zero-order valence-electron chi connectivity index (χ0n) is 20.0. The highest BCUT2D eigenvalue weighted by atomic mass is 16.6. The van der Waals surface area contributed by atoms with Crippen molar-refractivity contribution in [2.24, 2.45) is 0 Å². The molecule has 2 aromatic carbocycles. The molecule has 3 aromatic rings. The molecule has 0 unspecified atom stereocenters. The van der Waals surface area contributed by atoms with Gasteiger partial charge in [0.1, 0.15) is 30.3 Å². The highest BCUT2D eigenvalue weighted by Gasteiger charge is 2.29. The molecule has 0 spiro atoms. The number of ether oxygens (including phenoxy) is 4. The van der Waals surface area contributed by atoms with E-state index in [1.54, 1.807) is 11.9 Å². The average Bonchev–Trinajstić information content (AvgIpc) is 2.87. The Morgan fingerprint density at radius 3 is 2.74 bits per heavy atom. The molecule has 3 aliphatic heterocycles. The Morgan fingerprint density at radius 1 is 1.06 bits per heavy atom. The van der Waals surface area contributed by atoms with Crippen molar-refractivity contribution >= 4 is 22.5 Å². The van der Waals surface area contributed by atoms with E-state index in [9.17, 15) is 4.79 Å². The summed E-state index contributed by atoms with van der Waals surface area (Å²) in [6.07, 6.45) is 1.97. The summed E-state index contributed by atoms with van der Waals surface area (Å²) >= 11 is 0. The van der Waals surface area contributed by atoms with Crippen molar-refractivity contribution in [3.05, 3.63) is 48.2 Å². The van der Waals surface area contributed by atoms with E-state index in [1.165, 1.54) is 0 Å². The molecule has 0 aliphatic carbocycles. The van der Waals surface area contributed by atoms with Gasteiger partial charge in [-0.25, -0.2) is 0 Å². The van der Waals surface area contributed by atoms with Gasteiger partial charge >= 0.3 is 0 Å². The first-order valence-electron chi connectivity index (χ1n) is 12.2. The SMILES string of the molecule is Cc1ccc2c3c(ccc2n1)OC[C@H](CN1CCC(Oc2ccc4c(c2)N(C)C(=O)CO4)CC1)O3. The highest BCUT2D eigenvalue weighted by Crippen LogP contribution is 2.39. The molecule has 8 heteroatoms.